The Bertz CT molecular complexity index is 755. The molecule has 1 fully saturated rings. The van der Waals surface area contributed by atoms with Gasteiger partial charge in [0.2, 0.25) is 0 Å². The Kier molecular flexibility index (Phi) is 4.17. The van der Waals surface area contributed by atoms with Crippen LogP contribution in [0.2, 0.25) is 0 Å². The molecule has 0 saturated carbocycles. The summed E-state index contributed by atoms with van der Waals surface area (Å²) >= 11 is 0. The van der Waals surface area contributed by atoms with Crippen molar-refractivity contribution in [3.8, 4) is 0 Å². The van der Waals surface area contributed by atoms with Gasteiger partial charge in [-0.3, -0.25) is 4.79 Å². The lowest BCUT2D eigenvalue weighted by Crippen LogP contribution is -2.56. The summed E-state index contributed by atoms with van der Waals surface area (Å²) in [6.45, 7) is 7.94. The SMILES string of the molecule is CC(C)(C)NC(=O)N1CCN(C(=O)c2ccc3ncoc3c2)CC1. The fourth-order valence-electron chi connectivity index (χ4n) is 2.68. The first-order chi connectivity index (χ1) is 11.3. The molecule has 128 valence electrons. The number of amides is 3. The second-order valence-electron chi connectivity index (χ2n) is 6.99. The quantitative estimate of drug-likeness (QED) is 0.868. The van der Waals surface area contributed by atoms with E-state index in [9.17, 15) is 9.59 Å². The molecule has 0 bridgehead atoms. The molecule has 2 aromatic rings. The number of hydrogen-bond donors (Lipinski definition) is 1. The summed E-state index contributed by atoms with van der Waals surface area (Å²) in [6, 6.07) is 5.16. The Labute approximate surface area is 140 Å². The normalized spacial score (nSPS) is 15.6. The minimum atomic E-state index is -0.267. The van der Waals surface area contributed by atoms with Crippen molar-refractivity contribution in [1.29, 1.82) is 0 Å². The van der Waals surface area contributed by atoms with Crippen LogP contribution in [0, 0.1) is 0 Å². The summed E-state index contributed by atoms with van der Waals surface area (Å²) in [4.78, 5) is 32.3. The number of hydrogen-bond acceptors (Lipinski definition) is 4. The number of carbonyl (C=O) groups excluding carboxylic acids is 2. The summed E-state index contributed by atoms with van der Waals surface area (Å²) < 4.78 is 5.25. The van der Waals surface area contributed by atoms with Gasteiger partial charge in [-0.25, -0.2) is 9.78 Å². The Balaban J connectivity index is 1.61. The molecule has 0 radical (unpaired) electrons. The first-order valence-corrected chi connectivity index (χ1v) is 8.03. The van der Waals surface area contributed by atoms with Gasteiger partial charge in [0.05, 0.1) is 0 Å². The zero-order valence-electron chi connectivity index (χ0n) is 14.2. The lowest BCUT2D eigenvalue weighted by Gasteiger charge is -2.36. The fraction of sp³-hybridized carbons (Fsp3) is 0.471. The first kappa shape index (κ1) is 16.3. The second kappa shape index (κ2) is 6.14. The topological polar surface area (TPSA) is 78.7 Å². The minimum Gasteiger partial charge on any atom is -0.443 e. The number of oxazole rings is 1. The van der Waals surface area contributed by atoms with Gasteiger partial charge in [-0.2, -0.15) is 0 Å². The number of nitrogens with one attached hydrogen (secondary N) is 1. The Morgan fingerprint density at radius 1 is 1.12 bits per heavy atom. The summed E-state index contributed by atoms with van der Waals surface area (Å²) in [5.74, 6) is -0.0517. The molecule has 1 aliphatic rings. The van der Waals surface area contributed by atoms with Crippen molar-refractivity contribution in [3.05, 3.63) is 30.2 Å². The highest BCUT2D eigenvalue weighted by Gasteiger charge is 2.26. The van der Waals surface area contributed by atoms with Crippen LogP contribution in [0.5, 0.6) is 0 Å². The number of carbonyl (C=O) groups is 2. The number of benzene rings is 1. The Morgan fingerprint density at radius 3 is 2.46 bits per heavy atom. The van der Waals surface area contributed by atoms with Crippen LogP contribution in [0.25, 0.3) is 11.1 Å². The zero-order valence-corrected chi connectivity index (χ0v) is 14.2. The van der Waals surface area contributed by atoms with Crippen LogP contribution in [-0.4, -0.2) is 58.4 Å². The summed E-state index contributed by atoms with van der Waals surface area (Å²) in [5.41, 5.74) is 1.64. The van der Waals surface area contributed by atoms with Crippen molar-refractivity contribution in [2.24, 2.45) is 0 Å². The van der Waals surface area contributed by atoms with Crippen LogP contribution in [0.3, 0.4) is 0 Å². The predicted molar refractivity (Wildman–Crippen MR) is 89.8 cm³/mol. The van der Waals surface area contributed by atoms with Gasteiger partial charge in [0.15, 0.2) is 12.0 Å². The molecule has 1 saturated heterocycles. The monoisotopic (exact) mass is 330 g/mol. The second-order valence-corrected chi connectivity index (χ2v) is 6.99. The van der Waals surface area contributed by atoms with E-state index in [2.05, 4.69) is 10.3 Å². The largest absolute Gasteiger partial charge is 0.443 e. The highest BCUT2D eigenvalue weighted by molar-refractivity contribution is 5.97. The Morgan fingerprint density at radius 2 is 1.79 bits per heavy atom. The van der Waals surface area contributed by atoms with Crippen molar-refractivity contribution in [2.45, 2.75) is 26.3 Å². The van der Waals surface area contributed by atoms with Gasteiger partial charge in [-0.15, -0.1) is 0 Å². The average molecular weight is 330 g/mol. The number of urea groups is 1. The molecule has 24 heavy (non-hydrogen) atoms. The first-order valence-electron chi connectivity index (χ1n) is 8.03. The van der Waals surface area contributed by atoms with Crippen LogP contribution >= 0.6 is 0 Å². The number of fused-ring (bicyclic) bond motifs is 1. The number of nitrogens with zero attached hydrogens (tertiary/aromatic N) is 3. The molecule has 3 rings (SSSR count). The lowest BCUT2D eigenvalue weighted by molar-refractivity contribution is 0.0661. The number of piperazine rings is 1. The minimum absolute atomic E-state index is 0.0517. The lowest BCUT2D eigenvalue weighted by atomic mass is 10.1. The molecule has 0 aliphatic carbocycles. The molecule has 7 nitrogen and oxygen atoms in total. The van der Waals surface area contributed by atoms with Gasteiger partial charge in [-0.1, -0.05) is 0 Å². The molecule has 7 heteroatoms. The maximum atomic E-state index is 12.6. The van der Waals surface area contributed by atoms with Gasteiger partial charge in [0.1, 0.15) is 5.52 Å². The van der Waals surface area contributed by atoms with Crippen LogP contribution in [0.1, 0.15) is 31.1 Å². The fourth-order valence-corrected chi connectivity index (χ4v) is 2.68. The zero-order chi connectivity index (χ0) is 17.3. The van der Waals surface area contributed by atoms with E-state index >= 15 is 0 Å². The van der Waals surface area contributed by atoms with Gasteiger partial charge in [-0.05, 0) is 39.0 Å². The smallest absolute Gasteiger partial charge is 0.317 e. The van der Waals surface area contributed by atoms with E-state index in [-0.39, 0.29) is 17.5 Å². The molecule has 1 aromatic heterocycles. The van der Waals surface area contributed by atoms with Gasteiger partial charge < -0.3 is 19.5 Å². The standard InChI is InChI=1S/C17H22N4O3/c1-17(2,3)19-16(23)21-8-6-20(7-9-21)15(22)12-4-5-13-14(10-12)24-11-18-13/h4-5,10-11H,6-9H2,1-3H3,(H,19,23). The van der Waals surface area contributed by atoms with Crippen molar-refractivity contribution in [1.82, 2.24) is 20.1 Å². The molecule has 3 amide bonds. The molecule has 0 atom stereocenters. The van der Waals surface area contributed by atoms with E-state index in [1.165, 1.54) is 6.39 Å². The van der Waals surface area contributed by atoms with E-state index in [4.69, 9.17) is 4.42 Å². The van der Waals surface area contributed by atoms with E-state index < -0.39 is 0 Å². The molecule has 1 aromatic carbocycles. The number of rotatable bonds is 1. The molecule has 0 unspecified atom stereocenters. The van der Waals surface area contributed by atoms with Crippen molar-refractivity contribution in [2.75, 3.05) is 26.2 Å². The molecule has 1 aliphatic heterocycles. The van der Waals surface area contributed by atoms with Gasteiger partial charge in [0.25, 0.3) is 5.91 Å². The van der Waals surface area contributed by atoms with Gasteiger partial charge >= 0.3 is 6.03 Å². The summed E-state index contributed by atoms with van der Waals surface area (Å²) in [7, 11) is 0. The van der Waals surface area contributed by atoms with Gasteiger partial charge in [0, 0.05) is 37.3 Å². The molecule has 1 N–H and O–H groups in total. The van der Waals surface area contributed by atoms with Crippen LogP contribution in [0.4, 0.5) is 4.79 Å². The Hall–Kier alpha value is -2.57. The highest BCUT2D eigenvalue weighted by Crippen LogP contribution is 2.16. The maximum absolute atomic E-state index is 12.6. The van der Waals surface area contributed by atoms with Crippen LogP contribution in [-0.2, 0) is 0 Å². The third-order valence-corrected chi connectivity index (χ3v) is 3.91. The van der Waals surface area contributed by atoms with Crippen LogP contribution < -0.4 is 5.32 Å². The van der Waals surface area contributed by atoms with E-state index in [0.717, 1.165) is 5.52 Å². The summed E-state index contributed by atoms with van der Waals surface area (Å²) in [5, 5.41) is 2.95. The maximum Gasteiger partial charge on any atom is 0.317 e. The van der Waals surface area contributed by atoms with E-state index in [1.807, 2.05) is 20.8 Å². The molecule has 2 heterocycles. The van der Waals surface area contributed by atoms with E-state index in [1.54, 1.807) is 28.0 Å². The average Bonchev–Trinajstić information content (AvgIpc) is 3.00. The third-order valence-electron chi connectivity index (χ3n) is 3.91. The highest BCUT2D eigenvalue weighted by atomic mass is 16.3. The van der Waals surface area contributed by atoms with Crippen LogP contribution in [0.15, 0.2) is 29.0 Å². The van der Waals surface area contributed by atoms with Crippen molar-refractivity contribution in [3.63, 3.8) is 0 Å². The van der Waals surface area contributed by atoms with Crippen molar-refractivity contribution >= 4 is 23.0 Å². The van der Waals surface area contributed by atoms with Crippen molar-refractivity contribution < 1.29 is 14.0 Å². The third kappa shape index (κ3) is 3.50. The summed E-state index contributed by atoms with van der Waals surface area (Å²) in [6.07, 6.45) is 1.37. The number of aromatic nitrogens is 1. The van der Waals surface area contributed by atoms with E-state index in [0.29, 0.717) is 37.3 Å². The predicted octanol–water partition coefficient (Wildman–Crippen LogP) is 2.09. The molecule has 0 spiro atoms. The molecular formula is C17H22N4O3. The molecular weight excluding hydrogens is 308 g/mol.